The number of esters is 1. The van der Waals surface area contributed by atoms with Crippen LogP contribution in [0, 0.1) is 6.92 Å². The number of fused-ring (bicyclic) bond motifs is 1. The summed E-state index contributed by atoms with van der Waals surface area (Å²) in [5, 5.41) is 2.39. The maximum absolute atomic E-state index is 12.4. The number of anilines is 1. The molecule has 4 amide bonds. The number of ether oxygens (including phenoxy) is 1. The fourth-order valence-corrected chi connectivity index (χ4v) is 4.57. The Kier molecular flexibility index (Phi) is 7.35. The highest BCUT2D eigenvalue weighted by Crippen LogP contribution is 2.22. The second kappa shape index (κ2) is 10.6. The Balaban J connectivity index is 1.24. The van der Waals surface area contributed by atoms with Crippen LogP contribution in [0.25, 0.3) is 0 Å². The molecule has 0 saturated carbocycles. The monoisotopic (exact) mass is 521 g/mol. The number of amides is 4. The van der Waals surface area contributed by atoms with E-state index in [0.29, 0.717) is 11.1 Å². The Bertz CT molecular complexity index is 1430. The molecular formula is C26H23N3O7S. The van der Waals surface area contributed by atoms with Crippen LogP contribution >= 0.6 is 0 Å². The van der Waals surface area contributed by atoms with E-state index < -0.39 is 22.0 Å². The Labute approximate surface area is 213 Å². The lowest BCUT2D eigenvalue weighted by Crippen LogP contribution is -2.34. The summed E-state index contributed by atoms with van der Waals surface area (Å²) in [5.74, 6) is -1.36. The lowest BCUT2D eigenvalue weighted by Gasteiger charge is -2.13. The van der Waals surface area contributed by atoms with Crippen molar-refractivity contribution in [2.24, 2.45) is 0 Å². The first-order valence-electron chi connectivity index (χ1n) is 11.3. The number of nitrogens with zero attached hydrogens (tertiary/aromatic N) is 1. The van der Waals surface area contributed by atoms with Gasteiger partial charge in [-0.1, -0.05) is 29.8 Å². The first-order valence-corrected chi connectivity index (χ1v) is 12.8. The molecule has 0 spiro atoms. The maximum Gasteiger partial charge on any atom is 0.338 e. The lowest BCUT2D eigenvalue weighted by atomic mass is 10.1. The molecule has 0 radical (unpaired) electrons. The molecule has 3 aromatic rings. The number of sulfonamides is 1. The molecule has 2 N–H and O–H groups in total. The molecule has 11 heteroatoms. The third-order valence-corrected chi connectivity index (χ3v) is 6.92. The highest BCUT2D eigenvalue weighted by molar-refractivity contribution is 7.90. The molecule has 10 nitrogen and oxygen atoms in total. The molecule has 3 aromatic carbocycles. The summed E-state index contributed by atoms with van der Waals surface area (Å²) < 4.78 is 31.8. The van der Waals surface area contributed by atoms with Gasteiger partial charge in [0.1, 0.15) is 0 Å². The van der Waals surface area contributed by atoms with Gasteiger partial charge in [0, 0.05) is 12.2 Å². The summed E-state index contributed by atoms with van der Waals surface area (Å²) in [4.78, 5) is 50.2. The zero-order valence-electron chi connectivity index (χ0n) is 19.8. The van der Waals surface area contributed by atoms with Crippen molar-refractivity contribution in [1.82, 2.24) is 9.62 Å². The Morgan fingerprint density at radius 3 is 2.05 bits per heavy atom. The number of nitrogens with one attached hydrogen (secondary N) is 2. The first kappa shape index (κ1) is 25.6. The summed E-state index contributed by atoms with van der Waals surface area (Å²) in [5.41, 5.74) is 2.07. The highest BCUT2D eigenvalue weighted by Gasteiger charge is 2.34. The van der Waals surface area contributed by atoms with Gasteiger partial charge < -0.3 is 10.1 Å². The van der Waals surface area contributed by atoms with Crippen LogP contribution in [0.15, 0.2) is 77.7 Å². The summed E-state index contributed by atoms with van der Waals surface area (Å²) in [6.07, 6.45) is 0.270. The van der Waals surface area contributed by atoms with Crippen molar-refractivity contribution < 1.29 is 32.3 Å². The topological polar surface area (TPSA) is 139 Å². The van der Waals surface area contributed by atoms with Gasteiger partial charge in [-0.3, -0.25) is 14.5 Å². The van der Waals surface area contributed by atoms with E-state index in [9.17, 15) is 27.6 Å². The van der Waals surface area contributed by atoms with Gasteiger partial charge in [0.25, 0.3) is 21.8 Å². The number of hydrogen-bond acceptors (Lipinski definition) is 7. The van der Waals surface area contributed by atoms with E-state index in [-0.39, 0.29) is 47.5 Å². The number of urea groups is 1. The number of benzene rings is 3. The van der Waals surface area contributed by atoms with Crippen LogP contribution in [0.3, 0.4) is 0 Å². The van der Waals surface area contributed by atoms with Crippen LogP contribution in [0.1, 0.15) is 43.1 Å². The van der Waals surface area contributed by atoms with Crippen molar-refractivity contribution in [3.05, 3.63) is 95.1 Å². The van der Waals surface area contributed by atoms with Crippen molar-refractivity contribution >= 4 is 39.5 Å². The standard InChI is InChI=1S/C26H23N3O7S/c1-17-7-13-20(14-8-17)37(34,35)28-26(33)27-19-11-9-18(10-12-19)25(32)36-16-4-15-29-23(30)21-5-2-3-6-22(21)24(29)31/h2-3,5-14H,4,15-16H2,1H3,(H2,27,28,33). The van der Waals surface area contributed by atoms with Gasteiger partial charge in [0.05, 0.1) is 28.2 Å². The van der Waals surface area contributed by atoms with Gasteiger partial charge in [-0.05, 0) is 61.9 Å². The minimum Gasteiger partial charge on any atom is -0.462 e. The molecule has 0 aliphatic carbocycles. The second-order valence-electron chi connectivity index (χ2n) is 8.25. The minimum atomic E-state index is -4.04. The molecule has 190 valence electrons. The lowest BCUT2D eigenvalue weighted by molar-refractivity contribution is 0.0482. The van der Waals surface area contributed by atoms with Crippen LogP contribution < -0.4 is 10.0 Å². The SMILES string of the molecule is Cc1ccc(S(=O)(=O)NC(=O)Nc2ccc(C(=O)OCCCN3C(=O)c4ccccc4C3=O)cc2)cc1. The van der Waals surface area contributed by atoms with Crippen LogP contribution in [0.2, 0.25) is 0 Å². The predicted octanol–water partition coefficient (Wildman–Crippen LogP) is 3.35. The summed E-state index contributed by atoms with van der Waals surface area (Å²) in [7, 11) is -4.04. The fraction of sp³-hybridized carbons (Fsp3) is 0.154. The number of hydrogen-bond donors (Lipinski definition) is 2. The molecule has 0 fully saturated rings. The number of carbonyl (C=O) groups is 4. The summed E-state index contributed by atoms with van der Waals surface area (Å²) >= 11 is 0. The molecule has 0 saturated heterocycles. The third-order valence-electron chi connectivity index (χ3n) is 5.57. The van der Waals surface area contributed by atoms with Crippen LogP contribution in [0.4, 0.5) is 10.5 Å². The van der Waals surface area contributed by atoms with E-state index in [2.05, 4.69) is 5.32 Å². The largest absolute Gasteiger partial charge is 0.462 e. The number of rotatable bonds is 8. The van der Waals surface area contributed by atoms with E-state index in [1.807, 2.05) is 11.6 Å². The van der Waals surface area contributed by atoms with Crippen LogP contribution in [-0.4, -0.2) is 50.3 Å². The zero-order chi connectivity index (χ0) is 26.6. The molecule has 0 unspecified atom stereocenters. The van der Waals surface area contributed by atoms with Gasteiger partial charge in [-0.15, -0.1) is 0 Å². The van der Waals surface area contributed by atoms with Crippen molar-refractivity contribution in [3.63, 3.8) is 0 Å². The number of aryl methyl sites for hydroxylation is 1. The van der Waals surface area contributed by atoms with E-state index in [1.165, 1.54) is 36.4 Å². The molecule has 0 aromatic heterocycles. The van der Waals surface area contributed by atoms with Crippen molar-refractivity contribution in [2.45, 2.75) is 18.2 Å². The van der Waals surface area contributed by atoms with Crippen molar-refractivity contribution in [2.75, 3.05) is 18.5 Å². The number of carbonyl (C=O) groups excluding carboxylic acids is 4. The molecule has 1 heterocycles. The molecule has 4 rings (SSSR count). The van der Waals surface area contributed by atoms with Gasteiger partial charge >= 0.3 is 12.0 Å². The van der Waals surface area contributed by atoms with Crippen molar-refractivity contribution in [1.29, 1.82) is 0 Å². The molecule has 0 bridgehead atoms. The average molecular weight is 522 g/mol. The van der Waals surface area contributed by atoms with Gasteiger partial charge in [-0.25, -0.2) is 22.7 Å². The summed E-state index contributed by atoms with van der Waals surface area (Å²) in [6.45, 7) is 1.92. The quantitative estimate of drug-likeness (QED) is 0.263. The van der Waals surface area contributed by atoms with E-state index >= 15 is 0 Å². The van der Waals surface area contributed by atoms with Gasteiger partial charge in [-0.2, -0.15) is 0 Å². The van der Waals surface area contributed by atoms with Gasteiger partial charge in [0.2, 0.25) is 0 Å². The van der Waals surface area contributed by atoms with Gasteiger partial charge in [0.15, 0.2) is 0 Å². The molecular weight excluding hydrogens is 498 g/mol. The molecule has 37 heavy (non-hydrogen) atoms. The Hall–Kier alpha value is -4.51. The van der Waals surface area contributed by atoms with Crippen LogP contribution in [0.5, 0.6) is 0 Å². The minimum absolute atomic E-state index is 0.00842. The highest BCUT2D eigenvalue weighted by atomic mass is 32.2. The average Bonchev–Trinajstić information content (AvgIpc) is 3.11. The van der Waals surface area contributed by atoms with E-state index in [1.54, 1.807) is 36.4 Å². The zero-order valence-corrected chi connectivity index (χ0v) is 20.6. The predicted molar refractivity (Wildman–Crippen MR) is 134 cm³/mol. The maximum atomic E-state index is 12.4. The molecule has 0 atom stereocenters. The molecule has 1 aliphatic rings. The second-order valence-corrected chi connectivity index (χ2v) is 9.93. The van der Waals surface area contributed by atoms with E-state index in [0.717, 1.165) is 10.5 Å². The molecule has 1 aliphatic heterocycles. The smallest absolute Gasteiger partial charge is 0.338 e. The summed E-state index contributed by atoms with van der Waals surface area (Å²) in [6, 6.07) is 17.3. The van der Waals surface area contributed by atoms with Crippen LogP contribution in [-0.2, 0) is 14.8 Å². The number of imide groups is 1. The first-order chi connectivity index (χ1) is 17.7. The van der Waals surface area contributed by atoms with Crippen molar-refractivity contribution in [3.8, 4) is 0 Å². The normalized spacial score (nSPS) is 12.7. The van der Waals surface area contributed by atoms with E-state index in [4.69, 9.17) is 4.74 Å². The fourth-order valence-electron chi connectivity index (χ4n) is 3.66. The Morgan fingerprint density at radius 2 is 1.46 bits per heavy atom. The Morgan fingerprint density at radius 1 is 0.865 bits per heavy atom. The third kappa shape index (κ3) is 5.84.